The number of aryl methyl sites for hydroxylation is 2. The molecule has 0 aliphatic carbocycles. The van der Waals surface area contributed by atoms with Crippen molar-refractivity contribution >= 4 is 21.9 Å². The first kappa shape index (κ1) is 25.4. The summed E-state index contributed by atoms with van der Waals surface area (Å²) < 4.78 is 32.3. The summed E-state index contributed by atoms with van der Waals surface area (Å²) in [5, 5.41) is 12.1. The third-order valence-electron chi connectivity index (χ3n) is 8.77. The van der Waals surface area contributed by atoms with Crippen molar-refractivity contribution in [2.45, 2.75) is 37.8 Å². The first-order valence-corrected chi connectivity index (χ1v) is 14.0. The fraction of sp³-hybridized carbons (Fsp3) is 0.375. The number of halogens is 1. The van der Waals surface area contributed by atoms with Gasteiger partial charge < -0.3 is 23.7 Å². The Hall–Kier alpha value is -3.59. The number of aromatic nitrogens is 4. The maximum absolute atomic E-state index is 16.9. The summed E-state index contributed by atoms with van der Waals surface area (Å²) in [4.78, 5) is 9.42. The monoisotopic (exact) mass is 540 g/mol. The summed E-state index contributed by atoms with van der Waals surface area (Å²) in [6.07, 6.45) is 5.75. The highest BCUT2D eigenvalue weighted by molar-refractivity contribution is 6.07. The van der Waals surface area contributed by atoms with Crippen molar-refractivity contribution in [2.24, 2.45) is 13.0 Å². The summed E-state index contributed by atoms with van der Waals surface area (Å²) >= 11 is 0. The van der Waals surface area contributed by atoms with Crippen LogP contribution in [0.25, 0.3) is 33.2 Å². The Bertz CT molecular complexity index is 1680. The lowest BCUT2D eigenvalue weighted by Gasteiger charge is -2.33. The normalized spacial score (nSPS) is 21.0. The van der Waals surface area contributed by atoms with Crippen LogP contribution in [0, 0.1) is 18.7 Å². The van der Waals surface area contributed by atoms with E-state index in [-0.39, 0.29) is 24.1 Å². The molecule has 0 bridgehead atoms. The largest absolute Gasteiger partial charge is 0.383 e. The van der Waals surface area contributed by atoms with Gasteiger partial charge in [-0.3, -0.25) is 4.98 Å². The lowest BCUT2D eigenvalue weighted by atomic mass is 9.86. The average Bonchev–Trinajstić information content (AvgIpc) is 3.66. The number of pyridine rings is 1. The van der Waals surface area contributed by atoms with Gasteiger partial charge in [-0.1, -0.05) is 42.5 Å². The molecule has 1 unspecified atom stereocenters. The fourth-order valence-electron chi connectivity index (χ4n) is 6.77. The smallest absolute Gasteiger partial charge is 0.153 e. The predicted octanol–water partition coefficient (Wildman–Crippen LogP) is 5.66. The molecule has 2 aliphatic heterocycles. The molecule has 2 aromatic carbocycles. The third kappa shape index (κ3) is 3.97. The van der Waals surface area contributed by atoms with E-state index in [9.17, 15) is 5.11 Å². The zero-order valence-corrected chi connectivity index (χ0v) is 22.8. The molecule has 1 N–H and O–H groups in total. The molecule has 40 heavy (non-hydrogen) atoms. The van der Waals surface area contributed by atoms with Crippen LogP contribution >= 0.6 is 0 Å². The van der Waals surface area contributed by atoms with Crippen molar-refractivity contribution in [2.75, 3.05) is 26.4 Å². The molecule has 7 rings (SSSR count). The van der Waals surface area contributed by atoms with Crippen LogP contribution in [0.1, 0.15) is 42.1 Å². The molecule has 5 aromatic rings. The van der Waals surface area contributed by atoms with Gasteiger partial charge in [-0.25, -0.2) is 9.37 Å². The molecule has 0 amide bonds. The van der Waals surface area contributed by atoms with Gasteiger partial charge in [0.05, 0.1) is 46.9 Å². The maximum Gasteiger partial charge on any atom is 0.153 e. The molecule has 7 nitrogen and oxygen atoms in total. The van der Waals surface area contributed by atoms with Crippen LogP contribution in [-0.2, 0) is 22.1 Å². The highest BCUT2D eigenvalue weighted by Gasteiger charge is 2.39. The minimum Gasteiger partial charge on any atom is -0.383 e. The second kappa shape index (κ2) is 9.80. The number of imidazole rings is 1. The van der Waals surface area contributed by atoms with Crippen molar-refractivity contribution in [1.82, 2.24) is 19.1 Å². The van der Waals surface area contributed by atoms with E-state index in [2.05, 4.69) is 27.8 Å². The van der Waals surface area contributed by atoms with E-state index in [0.717, 1.165) is 51.8 Å². The van der Waals surface area contributed by atoms with Gasteiger partial charge in [-0.15, -0.1) is 0 Å². The van der Waals surface area contributed by atoms with E-state index in [4.69, 9.17) is 14.5 Å². The standard InChI is InChI=1S/C32H33FN4O3/c1-20-29(36(2)19-35-20)23-16-26-28(34-17-23)24-8-9-25(32(38)12-15-40-18-32)27(33)31(24)37(26)30(21-6-4-3-5-7-21)22-10-13-39-14-11-22/h3-9,16-17,19,22,30,38H,10-15,18H2,1-2H3/t30-,32?/m1/s1. The van der Waals surface area contributed by atoms with Crippen LogP contribution in [-0.4, -0.2) is 50.6 Å². The number of hydrogen-bond acceptors (Lipinski definition) is 5. The molecule has 2 atom stereocenters. The van der Waals surface area contributed by atoms with Gasteiger partial charge in [-0.05, 0) is 37.3 Å². The van der Waals surface area contributed by atoms with Gasteiger partial charge in [0.1, 0.15) is 5.60 Å². The molecule has 2 aliphatic rings. The molecular weight excluding hydrogens is 507 g/mol. The van der Waals surface area contributed by atoms with Crippen molar-refractivity contribution in [3.63, 3.8) is 0 Å². The van der Waals surface area contributed by atoms with Gasteiger partial charge in [0.15, 0.2) is 5.82 Å². The van der Waals surface area contributed by atoms with Crippen LogP contribution in [0.2, 0.25) is 0 Å². The number of hydrogen-bond donors (Lipinski definition) is 1. The number of benzene rings is 2. The van der Waals surface area contributed by atoms with Crippen LogP contribution in [0.3, 0.4) is 0 Å². The minimum absolute atomic E-state index is 0.0832. The summed E-state index contributed by atoms with van der Waals surface area (Å²) in [6, 6.07) is 15.9. The Labute approximate surface area is 232 Å². The Balaban J connectivity index is 1.57. The first-order chi connectivity index (χ1) is 19.5. The Morgan fingerprint density at radius 2 is 1.85 bits per heavy atom. The first-order valence-electron chi connectivity index (χ1n) is 14.0. The number of aliphatic hydroxyl groups is 1. The molecular formula is C32H33FN4O3. The third-order valence-corrected chi connectivity index (χ3v) is 8.77. The number of rotatable bonds is 5. The van der Waals surface area contributed by atoms with Gasteiger partial charge in [0, 0.05) is 56.0 Å². The highest BCUT2D eigenvalue weighted by Crippen LogP contribution is 2.44. The summed E-state index contributed by atoms with van der Waals surface area (Å²) in [6.45, 7) is 3.82. The summed E-state index contributed by atoms with van der Waals surface area (Å²) in [5.41, 5.74) is 4.93. The Kier molecular flexibility index (Phi) is 6.22. The molecule has 3 aromatic heterocycles. The lowest BCUT2D eigenvalue weighted by molar-refractivity contribution is 0.0203. The number of ether oxygens (including phenoxy) is 2. The molecule has 206 valence electrons. The van der Waals surface area contributed by atoms with Gasteiger partial charge in [0.25, 0.3) is 0 Å². The molecule has 0 spiro atoms. The topological polar surface area (TPSA) is 74.3 Å². The Morgan fingerprint density at radius 1 is 1.05 bits per heavy atom. The van der Waals surface area contributed by atoms with Crippen LogP contribution in [0.5, 0.6) is 0 Å². The zero-order valence-electron chi connectivity index (χ0n) is 22.8. The van der Waals surface area contributed by atoms with E-state index >= 15 is 4.39 Å². The van der Waals surface area contributed by atoms with Gasteiger partial charge in [-0.2, -0.15) is 0 Å². The second-order valence-electron chi connectivity index (χ2n) is 11.2. The quantitative estimate of drug-likeness (QED) is 0.311. The van der Waals surface area contributed by atoms with E-state index in [1.54, 1.807) is 12.4 Å². The van der Waals surface area contributed by atoms with Crippen LogP contribution < -0.4 is 0 Å². The van der Waals surface area contributed by atoms with Gasteiger partial charge in [0.2, 0.25) is 0 Å². The van der Waals surface area contributed by atoms with Crippen molar-refractivity contribution < 1.29 is 19.0 Å². The van der Waals surface area contributed by atoms with Crippen LogP contribution in [0.15, 0.2) is 61.1 Å². The second-order valence-corrected chi connectivity index (χ2v) is 11.2. The average molecular weight is 541 g/mol. The zero-order chi connectivity index (χ0) is 27.4. The number of nitrogens with zero attached hydrogens (tertiary/aromatic N) is 4. The lowest BCUT2D eigenvalue weighted by Crippen LogP contribution is -2.29. The van der Waals surface area contributed by atoms with E-state index in [0.29, 0.717) is 31.8 Å². The molecule has 0 saturated carbocycles. The summed E-state index contributed by atoms with van der Waals surface area (Å²) in [5.74, 6) is -0.173. The van der Waals surface area contributed by atoms with E-state index in [1.165, 1.54) is 0 Å². The molecule has 0 radical (unpaired) electrons. The van der Waals surface area contributed by atoms with Crippen LogP contribution in [0.4, 0.5) is 4.39 Å². The van der Waals surface area contributed by atoms with Crippen molar-refractivity contribution in [3.8, 4) is 11.3 Å². The van der Waals surface area contributed by atoms with E-state index in [1.807, 2.05) is 49.0 Å². The molecule has 5 heterocycles. The Morgan fingerprint density at radius 3 is 2.55 bits per heavy atom. The van der Waals surface area contributed by atoms with Crippen molar-refractivity contribution in [1.29, 1.82) is 0 Å². The molecule has 8 heteroatoms. The molecule has 2 fully saturated rings. The van der Waals surface area contributed by atoms with Gasteiger partial charge >= 0.3 is 0 Å². The number of fused-ring (bicyclic) bond motifs is 3. The minimum atomic E-state index is -1.36. The highest BCUT2D eigenvalue weighted by atomic mass is 19.1. The van der Waals surface area contributed by atoms with E-state index < -0.39 is 11.4 Å². The maximum atomic E-state index is 16.9. The molecule has 2 saturated heterocycles. The SMILES string of the molecule is Cc1ncn(C)c1-c1cnc2c3ccc(C4(O)CCOC4)c(F)c3n([C@H](c3ccccc3)C3CCOCC3)c2c1. The predicted molar refractivity (Wildman–Crippen MR) is 152 cm³/mol. The summed E-state index contributed by atoms with van der Waals surface area (Å²) in [7, 11) is 1.97. The van der Waals surface area contributed by atoms with Crippen molar-refractivity contribution in [3.05, 3.63) is 83.7 Å². The fourth-order valence-corrected chi connectivity index (χ4v) is 6.77.